The Bertz CT molecular complexity index is 1320. The highest BCUT2D eigenvalue weighted by atomic mass is 19.1. The van der Waals surface area contributed by atoms with E-state index in [4.69, 9.17) is 24.8 Å². The molecule has 2 saturated heterocycles. The average Bonchev–Trinajstić information content (AvgIpc) is 3.45. The van der Waals surface area contributed by atoms with Crippen molar-refractivity contribution >= 4 is 28.3 Å². The van der Waals surface area contributed by atoms with E-state index in [0.29, 0.717) is 31.2 Å². The summed E-state index contributed by atoms with van der Waals surface area (Å²) in [5.41, 5.74) is 4.66. The summed E-state index contributed by atoms with van der Waals surface area (Å²) in [6.45, 7) is 4.47. The molecule has 1 N–H and O–H groups in total. The number of nitrogens with one attached hydrogen (secondary N) is 1. The normalized spacial score (nSPS) is 19.6. The molecule has 6 rings (SSSR count). The van der Waals surface area contributed by atoms with Crippen molar-refractivity contribution in [2.45, 2.75) is 38.4 Å². The Hall–Kier alpha value is -3.33. The van der Waals surface area contributed by atoms with E-state index in [1.165, 1.54) is 0 Å². The second-order valence-electron chi connectivity index (χ2n) is 8.81. The monoisotopic (exact) mass is 447 g/mol. The van der Waals surface area contributed by atoms with Crippen LogP contribution in [0.3, 0.4) is 0 Å². The number of anilines is 2. The van der Waals surface area contributed by atoms with Gasteiger partial charge in [0.2, 0.25) is 0 Å². The Balaban J connectivity index is 1.45. The topological polar surface area (TPSA) is 80.5 Å². The van der Waals surface area contributed by atoms with Crippen molar-refractivity contribution in [3.63, 3.8) is 0 Å². The van der Waals surface area contributed by atoms with E-state index in [2.05, 4.69) is 5.32 Å². The van der Waals surface area contributed by atoms with Crippen molar-refractivity contribution in [2.75, 3.05) is 36.5 Å². The molecule has 2 aliphatic rings. The zero-order valence-electron chi connectivity index (χ0n) is 18.5. The van der Waals surface area contributed by atoms with Gasteiger partial charge in [-0.1, -0.05) is 12.1 Å². The lowest BCUT2D eigenvalue weighted by molar-refractivity contribution is 0.0903. The number of fused-ring (bicyclic) bond motifs is 2. The molecule has 1 aromatic carbocycles. The third-order valence-electron chi connectivity index (χ3n) is 6.43. The van der Waals surface area contributed by atoms with E-state index >= 15 is 0 Å². The highest BCUT2D eigenvalue weighted by molar-refractivity contribution is 5.78. The second kappa shape index (κ2) is 8.22. The Labute approximate surface area is 190 Å². The van der Waals surface area contributed by atoms with Crippen molar-refractivity contribution in [3.8, 4) is 11.4 Å². The maximum absolute atomic E-state index is 13.9. The lowest BCUT2D eigenvalue weighted by Gasteiger charge is -2.25. The number of benzene rings is 1. The van der Waals surface area contributed by atoms with Crippen LogP contribution in [0.1, 0.15) is 25.0 Å². The number of ether oxygens (including phenoxy) is 1. The Kier molecular flexibility index (Phi) is 5.05. The first-order chi connectivity index (χ1) is 16.1. The minimum atomic E-state index is -0.814. The van der Waals surface area contributed by atoms with Crippen LogP contribution in [0.5, 0.6) is 0 Å². The number of alkyl halides is 1. The van der Waals surface area contributed by atoms with Crippen LogP contribution in [0, 0.1) is 6.92 Å². The van der Waals surface area contributed by atoms with Crippen LogP contribution in [0.15, 0.2) is 36.4 Å². The van der Waals surface area contributed by atoms with Crippen LogP contribution in [0.4, 0.5) is 16.0 Å². The van der Waals surface area contributed by atoms with Gasteiger partial charge in [-0.25, -0.2) is 19.3 Å². The van der Waals surface area contributed by atoms with Crippen molar-refractivity contribution < 1.29 is 9.13 Å². The van der Waals surface area contributed by atoms with Gasteiger partial charge in [-0.05, 0) is 38.3 Å². The van der Waals surface area contributed by atoms with Gasteiger partial charge in [0.15, 0.2) is 5.65 Å². The molecule has 2 aliphatic heterocycles. The minimum absolute atomic E-state index is 0.291. The molecule has 170 valence electrons. The summed E-state index contributed by atoms with van der Waals surface area (Å²) in [7, 11) is 0. The Morgan fingerprint density at radius 2 is 1.82 bits per heavy atom. The van der Waals surface area contributed by atoms with E-state index < -0.39 is 6.17 Å². The van der Waals surface area contributed by atoms with Crippen LogP contribution in [0.25, 0.3) is 28.1 Å². The molecular formula is C24H26FN7O. The predicted octanol–water partition coefficient (Wildman–Crippen LogP) is 3.79. The van der Waals surface area contributed by atoms with Crippen LogP contribution >= 0.6 is 0 Å². The van der Waals surface area contributed by atoms with Crippen LogP contribution in [-0.4, -0.2) is 63.1 Å². The minimum Gasteiger partial charge on any atom is -0.381 e. The molecule has 3 aromatic heterocycles. The number of rotatable bonds is 4. The smallest absolute Gasteiger partial charge is 0.160 e. The molecule has 0 bridgehead atoms. The molecule has 8 nitrogen and oxygen atoms in total. The van der Waals surface area contributed by atoms with Gasteiger partial charge in [0.1, 0.15) is 29.2 Å². The Morgan fingerprint density at radius 1 is 1.03 bits per heavy atom. The first-order valence-electron chi connectivity index (χ1n) is 11.5. The molecule has 0 unspecified atom stereocenters. The largest absolute Gasteiger partial charge is 0.381 e. The fourth-order valence-electron chi connectivity index (χ4n) is 4.65. The van der Waals surface area contributed by atoms with Crippen molar-refractivity contribution in [2.24, 2.45) is 0 Å². The molecule has 2 fully saturated rings. The summed E-state index contributed by atoms with van der Waals surface area (Å²) in [5, 5.41) is 8.50. The van der Waals surface area contributed by atoms with Crippen LogP contribution < -0.4 is 10.2 Å². The maximum atomic E-state index is 13.9. The van der Waals surface area contributed by atoms with Crippen molar-refractivity contribution in [3.05, 3.63) is 42.1 Å². The third kappa shape index (κ3) is 3.86. The van der Waals surface area contributed by atoms with Crippen LogP contribution in [0.2, 0.25) is 0 Å². The number of hydrogen-bond acceptors (Lipinski definition) is 7. The number of aryl methyl sites for hydroxylation is 1. The summed E-state index contributed by atoms with van der Waals surface area (Å²) in [4.78, 5) is 16.4. The summed E-state index contributed by atoms with van der Waals surface area (Å²) in [6, 6.07) is 12.0. The molecule has 5 heterocycles. The van der Waals surface area contributed by atoms with Crippen molar-refractivity contribution in [1.82, 2.24) is 24.6 Å². The van der Waals surface area contributed by atoms with E-state index in [9.17, 15) is 4.39 Å². The van der Waals surface area contributed by atoms with Gasteiger partial charge in [-0.2, -0.15) is 9.61 Å². The van der Waals surface area contributed by atoms with E-state index in [1.807, 2.05) is 52.7 Å². The van der Waals surface area contributed by atoms with Gasteiger partial charge in [0.25, 0.3) is 0 Å². The molecule has 0 saturated carbocycles. The number of hydrogen-bond donors (Lipinski definition) is 1. The highest BCUT2D eigenvalue weighted by Crippen LogP contribution is 2.29. The lowest BCUT2D eigenvalue weighted by Crippen LogP contribution is -2.29. The van der Waals surface area contributed by atoms with Gasteiger partial charge >= 0.3 is 0 Å². The van der Waals surface area contributed by atoms with Crippen LogP contribution in [-0.2, 0) is 4.74 Å². The molecule has 0 amide bonds. The fourth-order valence-corrected chi connectivity index (χ4v) is 4.65. The lowest BCUT2D eigenvalue weighted by atomic mass is 10.1. The summed E-state index contributed by atoms with van der Waals surface area (Å²) in [6.07, 6.45) is 1.58. The number of nitrogens with zero attached hydrogens (tertiary/aromatic N) is 6. The van der Waals surface area contributed by atoms with Gasteiger partial charge in [0.05, 0.1) is 23.3 Å². The molecule has 0 spiro atoms. The summed E-state index contributed by atoms with van der Waals surface area (Å²) < 4.78 is 21.3. The summed E-state index contributed by atoms with van der Waals surface area (Å²) in [5.74, 6) is 1.62. The predicted molar refractivity (Wildman–Crippen MR) is 125 cm³/mol. The maximum Gasteiger partial charge on any atom is 0.160 e. The van der Waals surface area contributed by atoms with E-state index in [1.54, 1.807) is 0 Å². The van der Waals surface area contributed by atoms with Crippen molar-refractivity contribution in [1.29, 1.82) is 0 Å². The number of para-hydroxylation sites is 2. The first kappa shape index (κ1) is 20.3. The molecule has 0 aliphatic carbocycles. The quantitative estimate of drug-likeness (QED) is 0.510. The van der Waals surface area contributed by atoms with Gasteiger partial charge < -0.3 is 15.0 Å². The fraction of sp³-hybridized carbons (Fsp3) is 0.417. The van der Waals surface area contributed by atoms with Gasteiger partial charge in [0, 0.05) is 37.9 Å². The molecular weight excluding hydrogens is 421 g/mol. The zero-order valence-corrected chi connectivity index (χ0v) is 18.5. The standard InChI is InChI=1S/C24H26FN7O/c1-15-24(28-19-5-3-2-4-18(19)26-15)20-12-22-29-21(31-9-6-16(25)14-31)13-23(32(22)30-20)27-17-7-10-33-11-8-17/h2-5,12-13,16-17,27H,6-11,14H2,1H3/t16-/m0/s1. The zero-order chi connectivity index (χ0) is 22.4. The van der Waals surface area contributed by atoms with Gasteiger partial charge in [-0.15, -0.1) is 0 Å². The molecule has 1 atom stereocenters. The average molecular weight is 448 g/mol. The Morgan fingerprint density at radius 3 is 2.58 bits per heavy atom. The third-order valence-corrected chi connectivity index (χ3v) is 6.43. The molecule has 33 heavy (non-hydrogen) atoms. The molecule has 0 radical (unpaired) electrons. The molecule has 4 aromatic rings. The number of aromatic nitrogens is 5. The highest BCUT2D eigenvalue weighted by Gasteiger charge is 2.25. The van der Waals surface area contributed by atoms with E-state index in [0.717, 1.165) is 65.8 Å². The second-order valence-corrected chi connectivity index (χ2v) is 8.81. The van der Waals surface area contributed by atoms with E-state index in [-0.39, 0.29) is 0 Å². The molecule has 9 heteroatoms. The first-order valence-corrected chi connectivity index (χ1v) is 11.5. The summed E-state index contributed by atoms with van der Waals surface area (Å²) >= 11 is 0. The SMILES string of the molecule is Cc1nc2ccccc2nc1-c1cc2nc(N3CC[C@H](F)C3)cc(NC3CCOCC3)n2n1. The number of halogens is 1. The van der Waals surface area contributed by atoms with Gasteiger partial charge in [-0.3, -0.25) is 0 Å².